The lowest BCUT2D eigenvalue weighted by molar-refractivity contribution is 0.0735. The lowest BCUT2D eigenvalue weighted by Gasteiger charge is -2.29. The summed E-state index contributed by atoms with van der Waals surface area (Å²) in [5.74, 6) is 0.975. The Labute approximate surface area is 161 Å². The van der Waals surface area contributed by atoms with Gasteiger partial charge in [0.1, 0.15) is 0 Å². The van der Waals surface area contributed by atoms with E-state index in [1.54, 1.807) is 34.5 Å². The first-order valence-electron chi connectivity index (χ1n) is 9.24. The average Bonchev–Trinajstić information content (AvgIpc) is 2.72. The van der Waals surface area contributed by atoms with Gasteiger partial charge in [0, 0.05) is 31.0 Å². The minimum Gasteiger partial charge on any atom is -0.334 e. The van der Waals surface area contributed by atoms with E-state index in [1.807, 2.05) is 17.0 Å². The van der Waals surface area contributed by atoms with Gasteiger partial charge < -0.3 is 4.90 Å². The quantitative estimate of drug-likeness (QED) is 0.612. The maximum Gasteiger partial charge on any atom is 0.262 e. The number of thioether (sulfide) groups is 1. The van der Waals surface area contributed by atoms with Crippen molar-refractivity contribution in [3.05, 3.63) is 69.5 Å². The molecule has 6 heteroatoms. The van der Waals surface area contributed by atoms with Crippen molar-refractivity contribution in [2.24, 2.45) is 0 Å². The highest BCUT2D eigenvalue weighted by Crippen LogP contribution is 2.25. The first kappa shape index (κ1) is 16.6. The van der Waals surface area contributed by atoms with Crippen LogP contribution in [0.2, 0.25) is 0 Å². The van der Waals surface area contributed by atoms with Crippen molar-refractivity contribution in [2.75, 3.05) is 12.3 Å². The molecule has 2 aliphatic heterocycles. The number of nitrogens with zero attached hydrogens (tertiary/aromatic N) is 3. The molecule has 0 unspecified atom stereocenters. The van der Waals surface area contributed by atoms with Crippen LogP contribution >= 0.6 is 11.8 Å². The Bertz CT molecular complexity index is 1120. The zero-order valence-electron chi connectivity index (χ0n) is 14.9. The molecular weight excluding hydrogens is 358 g/mol. The maximum absolute atomic E-state index is 13.0. The van der Waals surface area contributed by atoms with Crippen molar-refractivity contribution >= 4 is 28.6 Å². The van der Waals surface area contributed by atoms with E-state index in [4.69, 9.17) is 0 Å². The Balaban J connectivity index is 1.50. The zero-order valence-corrected chi connectivity index (χ0v) is 15.7. The van der Waals surface area contributed by atoms with Gasteiger partial charge in [0.15, 0.2) is 5.16 Å². The Hall–Kier alpha value is -2.60. The molecule has 0 radical (unpaired) electrons. The molecule has 3 heterocycles. The smallest absolute Gasteiger partial charge is 0.262 e. The molecule has 0 fully saturated rings. The third kappa shape index (κ3) is 2.84. The summed E-state index contributed by atoms with van der Waals surface area (Å²) in [6, 6.07) is 13.6. The van der Waals surface area contributed by atoms with Gasteiger partial charge in [-0.1, -0.05) is 36.0 Å². The van der Waals surface area contributed by atoms with Crippen molar-refractivity contribution < 1.29 is 4.79 Å². The van der Waals surface area contributed by atoms with Crippen LogP contribution in [0.5, 0.6) is 0 Å². The Morgan fingerprint density at radius 3 is 2.81 bits per heavy atom. The van der Waals surface area contributed by atoms with Crippen LogP contribution in [0.1, 0.15) is 27.9 Å². The Morgan fingerprint density at radius 1 is 1.07 bits per heavy atom. The third-order valence-corrected chi connectivity index (χ3v) is 6.40. The van der Waals surface area contributed by atoms with E-state index in [1.165, 1.54) is 11.1 Å². The second kappa shape index (κ2) is 6.53. The molecule has 2 aromatic carbocycles. The van der Waals surface area contributed by atoms with Gasteiger partial charge in [0.05, 0.1) is 10.9 Å². The molecule has 0 saturated heterocycles. The number of amides is 1. The lowest BCUT2D eigenvalue weighted by Crippen LogP contribution is -2.36. The van der Waals surface area contributed by atoms with Gasteiger partial charge in [-0.25, -0.2) is 4.98 Å². The van der Waals surface area contributed by atoms with Crippen LogP contribution in [0.4, 0.5) is 0 Å². The summed E-state index contributed by atoms with van der Waals surface area (Å²) in [7, 11) is 0. The molecule has 0 aliphatic carbocycles. The summed E-state index contributed by atoms with van der Waals surface area (Å²) in [6.45, 7) is 2.06. The van der Waals surface area contributed by atoms with Crippen molar-refractivity contribution in [3.8, 4) is 0 Å². The third-order valence-electron chi connectivity index (χ3n) is 5.34. The number of carbonyl (C=O) groups excluding carboxylic acids is 1. The SMILES string of the molecule is O=C(c1ccc2c(=O)n3c(nc2c1)SCCC3)N1CCc2ccccc2C1. The predicted molar refractivity (Wildman–Crippen MR) is 106 cm³/mol. The summed E-state index contributed by atoms with van der Waals surface area (Å²) in [6.07, 6.45) is 1.86. The summed E-state index contributed by atoms with van der Waals surface area (Å²) in [5.41, 5.74) is 3.73. The standard InChI is InChI=1S/C21H19N3O2S/c25-19(23-10-8-14-4-1-2-5-16(14)13-23)15-6-7-17-18(12-15)22-21-24(20(17)26)9-3-11-27-21/h1-2,4-7,12H,3,8-11,13H2. The number of aromatic nitrogens is 2. The second-order valence-corrected chi connectivity index (χ2v) is 8.09. The van der Waals surface area contributed by atoms with E-state index in [0.717, 1.165) is 30.3 Å². The van der Waals surface area contributed by atoms with Crippen molar-refractivity contribution in [2.45, 2.75) is 31.1 Å². The van der Waals surface area contributed by atoms with Crippen LogP contribution in [0.3, 0.4) is 0 Å². The molecule has 2 aliphatic rings. The number of hydrogen-bond acceptors (Lipinski definition) is 4. The van der Waals surface area contributed by atoms with Gasteiger partial charge in [-0.15, -0.1) is 0 Å². The van der Waals surface area contributed by atoms with Crippen LogP contribution in [0.25, 0.3) is 10.9 Å². The normalized spacial score (nSPS) is 16.1. The first-order chi connectivity index (χ1) is 13.2. The summed E-state index contributed by atoms with van der Waals surface area (Å²) >= 11 is 1.61. The fourth-order valence-corrected chi connectivity index (χ4v) is 4.83. The molecule has 0 spiro atoms. The highest BCUT2D eigenvalue weighted by Gasteiger charge is 2.22. The molecule has 3 aromatic rings. The summed E-state index contributed by atoms with van der Waals surface area (Å²) < 4.78 is 1.75. The molecule has 1 amide bonds. The van der Waals surface area contributed by atoms with Gasteiger partial charge in [-0.3, -0.25) is 14.2 Å². The van der Waals surface area contributed by atoms with E-state index < -0.39 is 0 Å². The number of carbonyl (C=O) groups is 1. The molecule has 136 valence electrons. The number of hydrogen-bond donors (Lipinski definition) is 0. The van der Waals surface area contributed by atoms with Gasteiger partial charge in [0.25, 0.3) is 11.5 Å². The van der Waals surface area contributed by atoms with Gasteiger partial charge >= 0.3 is 0 Å². The van der Waals surface area contributed by atoms with Crippen LogP contribution in [-0.4, -0.2) is 32.7 Å². The monoisotopic (exact) mass is 377 g/mol. The molecule has 0 bridgehead atoms. The van der Waals surface area contributed by atoms with Crippen LogP contribution in [0.15, 0.2) is 52.4 Å². The maximum atomic E-state index is 13.0. The summed E-state index contributed by atoms with van der Waals surface area (Å²) in [5, 5.41) is 1.34. The Kier molecular flexibility index (Phi) is 4.01. The molecule has 0 saturated carbocycles. The molecular formula is C21H19N3O2S. The minimum absolute atomic E-state index is 0.00122. The highest BCUT2D eigenvalue weighted by atomic mass is 32.2. The van der Waals surface area contributed by atoms with Crippen LogP contribution in [0, 0.1) is 0 Å². The van der Waals surface area contributed by atoms with Gasteiger partial charge in [-0.05, 0) is 42.2 Å². The fourth-order valence-electron chi connectivity index (χ4n) is 3.88. The second-order valence-electron chi connectivity index (χ2n) is 7.03. The molecule has 27 heavy (non-hydrogen) atoms. The van der Waals surface area contributed by atoms with E-state index in [9.17, 15) is 9.59 Å². The molecule has 0 atom stereocenters. The van der Waals surface area contributed by atoms with Crippen molar-refractivity contribution in [1.29, 1.82) is 0 Å². The van der Waals surface area contributed by atoms with Crippen LogP contribution < -0.4 is 5.56 Å². The fraction of sp³-hybridized carbons (Fsp3) is 0.286. The average molecular weight is 377 g/mol. The van der Waals surface area contributed by atoms with E-state index in [2.05, 4.69) is 17.1 Å². The van der Waals surface area contributed by atoms with Crippen molar-refractivity contribution in [3.63, 3.8) is 0 Å². The summed E-state index contributed by atoms with van der Waals surface area (Å²) in [4.78, 5) is 32.3. The molecule has 5 rings (SSSR count). The Morgan fingerprint density at radius 2 is 1.93 bits per heavy atom. The molecule has 5 nitrogen and oxygen atoms in total. The van der Waals surface area contributed by atoms with Crippen molar-refractivity contribution in [1.82, 2.24) is 14.5 Å². The number of rotatable bonds is 1. The number of benzene rings is 2. The van der Waals surface area contributed by atoms with Gasteiger partial charge in [-0.2, -0.15) is 0 Å². The van der Waals surface area contributed by atoms with E-state index in [-0.39, 0.29) is 11.5 Å². The molecule has 0 N–H and O–H groups in total. The minimum atomic E-state index is -0.00639. The largest absolute Gasteiger partial charge is 0.334 e. The zero-order chi connectivity index (χ0) is 18.4. The number of fused-ring (bicyclic) bond motifs is 3. The van der Waals surface area contributed by atoms with Gasteiger partial charge in [0.2, 0.25) is 0 Å². The highest BCUT2D eigenvalue weighted by molar-refractivity contribution is 7.99. The topological polar surface area (TPSA) is 55.2 Å². The van der Waals surface area contributed by atoms with E-state index in [0.29, 0.717) is 29.6 Å². The van der Waals surface area contributed by atoms with Crippen LogP contribution in [-0.2, 0) is 19.5 Å². The predicted octanol–water partition coefficient (Wildman–Crippen LogP) is 3.09. The first-order valence-corrected chi connectivity index (χ1v) is 10.2. The van der Waals surface area contributed by atoms with E-state index >= 15 is 0 Å². The molecule has 1 aromatic heterocycles. The lowest BCUT2D eigenvalue weighted by atomic mass is 9.99.